The molecule has 0 spiro atoms. The smallest absolute Gasteiger partial charge is 0.338 e. The Labute approximate surface area is 47.2 Å². The number of hydrogen-bond donors (Lipinski definition) is 2. The van der Waals surface area contributed by atoms with E-state index in [1.807, 2.05) is 0 Å². The fourth-order valence-corrected chi connectivity index (χ4v) is 0.212. The normalized spacial score (nSPS) is 8.12. The Morgan fingerprint density at radius 3 is 2.62 bits per heavy atom. The average Bonchev–Trinajstić information content (AvgIpc) is 1.67. The number of urea groups is 1. The molecule has 0 saturated carbocycles. The summed E-state index contributed by atoms with van der Waals surface area (Å²) in [6.45, 7) is 3.34. The van der Waals surface area contributed by atoms with Gasteiger partial charge in [0.1, 0.15) is 0 Å². The van der Waals surface area contributed by atoms with Gasteiger partial charge in [-0.2, -0.15) is 0 Å². The largest absolute Gasteiger partial charge is 0.350 e. The van der Waals surface area contributed by atoms with Gasteiger partial charge in [-0.05, 0) is 0 Å². The number of carbonyl (C=O) groups is 1. The molecule has 0 saturated heterocycles. The summed E-state index contributed by atoms with van der Waals surface area (Å²) in [6.07, 6.45) is 1.37. The lowest BCUT2D eigenvalue weighted by Gasteiger charge is -2.06. The first-order valence-electron chi connectivity index (χ1n) is 2.05. The summed E-state index contributed by atoms with van der Waals surface area (Å²) in [6, 6.07) is -0.870. The van der Waals surface area contributed by atoms with Gasteiger partial charge < -0.3 is 5.73 Å². The molecule has 0 aliphatic carbocycles. The maximum absolute atomic E-state index is 9.94. The minimum absolute atomic E-state index is 0.0648. The van der Waals surface area contributed by atoms with Gasteiger partial charge in [-0.15, -0.1) is 6.58 Å². The summed E-state index contributed by atoms with van der Waals surface area (Å²) in [4.78, 5) is 9.94. The van der Waals surface area contributed by atoms with Crippen molar-refractivity contribution in [1.29, 1.82) is 0 Å². The molecule has 0 aromatic heterocycles. The molecule has 0 unspecified atom stereocenters. The van der Waals surface area contributed by atoms with E-state index in [9.17, 15) is 4.79 Å². The van der Waals surface area contributed by atoms with Crippen molar-refractivity contribution in [3.63, 3.8) is 0 Å². The molecule has 0 heterocycles. The molecule has 0 aromatic carbocycles. The van der Waals surface area contributed by atoms with Crippen LogP contribution in [-0.2, 0) is 0 Å². The number of nitrogens with two attached hydrogens (primary N) is 1. The number of amides is 2. The number of carbonyl (C=O) groups excluding carboxylic acids is 1. The standard InChI is InChI=1S/C4H8N2O2/c1-2-3-6(8)4(5)7/h2,8H,1,3H2,(H2,5,7). The first-order valence-corrected chi connectivity index (χ1v) is 2.05. The van der Waals surface area contributed by atoms with Crippen LogP contribution in [0.2, 0.25) is 0 Å². The summed E-state index contributed by atoms with van der Waals surface area (Å²) in [5.74, 6) is 0. The number of hydrogen-bond acceptors (Lipinski definition) is 2. The van der Waals surface area contributed by atoms with E-state index in [-0.39, 0.29) is 6.54 Å². The van der Waals surface area contributed by atoms with Gasteiger partial charge in [-0.25, -0.2) is 9.86 Å². The van der Waals surface area contributed by atoms with E-state index >= 15 is 0 Å². The molecule has 8 heavy (non-hydrogen) atoms. The molecule has 0 bridgehead atoms. The van der Waals surface area contributed by atoms with Gasteiger partial charge in [0.15, 0.2) is 0 Å². The molecular formula is C4H8N2O2. The zero-order valence-electron chi connectivity index (χ0n) is 4.37. The molecule has 4 heteroatoms. The monoisotopic (exact) mass is 116 g/mol. The van der Waals surface area contributed by atoms with Crippen molar-refractivity contribution < 1.29 is 10.0 Å². The molecule has 3 N–H and O–H groups in total. The van der Waals surface area contributed by atoms with Gasteiger partial charge in [0.2, 0.25) is 0 Å². The highest BCUT2D eigenvalue weighted by atomic mass is 16.5. The maximum Gasteiger partial charge on any atom is 0.338 e. The predicted octanol–water partition coefficient (Wildman–Crippen LogP) is -0.0577. The third-order valence-electron chi connectivity index (χ3n) is 0.556. The summed E-state index contributed by atoms with van der Waals surface area (Å²) < 4.78 is 0. The zero-order chi connectivity index (χ0) is 6.57. The van der Waals surface area contributed by atoms with Crippen LogP contribution in [0.5, 0.6) is 0 Å². The molecule has 0 radical (unpaired) electrons. The van der Waals surface area contributed by atoms with Gasteiger partial charge >= 0.3 is 6.03 Å². The molecule has 0 aliphatic heterocycles. The summed E-state index contributed by atoms with van der Waals surface area (Å²) >= 11 is 0. The fraction of sp³-hybridized carbons (Fsp3) is 0.250. The van der Waals surface area contributed by atoms with E-state index in [0.717, 1.165) is 0 Å². The molecule has 0 rings (SSSR count). The van der Waals surface area contributed by atoms with Gasteiger partial charge in [-0.3, -0.25) is 5.21 Å². The van der Waals surface area contributed by atoms with Crippen molar-refractivity contribution in [2.24, 2.45) is 5.73 Å². The second kappa shape index (κ2) is 3.04. The molecule has 2 amide bonds. The quantitative estimate of drug-likeness (QED) is 0.301. The van der Waals surface area contributed by atoms with Crippen molar-refractivity contribution >= 4 is 6.03 Å². The van der Waals surface area contributed by atoms with Crippen LogP contribution in [0.15, 0.2) is 12.7 Å². The highest BCUT2D eigenvalue weighted by Crippen LogP contribution is 1.77. The number of hydroxylamine groups is 2. The average molecular weight is 116 g/mol. The second-order valence-electron chi connectivity index (χ2n) is 1.21. The van der Waals surface area contributed by atoms with Crippen LogP contribution in [0.25, 0.3) is 0 Å². The minimum Gasteiger partial charge on any atom is -0.350 e. The van der Waals surface area contributed by atoms with Crippen LogP contribution in [0.4, 0.5) is 4.79 Å². The van der Waals surface area contributed by atoms with Gasteiger partial charge in [0, 0.05) is 0 Å². The second-order valence-corrected chi connectivity index (χ2v) is 1.21. The summed E-state index contributed by atoms with van der Waals surface area (Å²) in [5.41, 5.74) is 4.61. The Morgan fingerprint density at radius 1 is 2.00 bits per heavy atom. The lowest BCUT2D eigenvalue weighted by Crippen LogP contribution is -2.32. The molecule has 0 fully saturated rings. The van der Waals surface area contributed by atoms with Crippen molar-refractivity contribution in [3.8, 4) is 0 Å². The number of nitrogens with zero attached hydrogens (tertiary/aromatic N) is 1. The molecule has 0 aromatic rings. The number of rotatable bonds is 2. The first kappa shape index (κ1) is 6.97. The fourth-order valence-electron chi connectivity index (χ4n) is 0.212. The predicted molar refractivity (Wildman–Crippen MR) is 28.3 cm³/mol. The van der Waals surface area contributed by atoms with Crippen molar-refractivity contribution in [2.45, 2.75) is 0 Å². The highest BCUT2D eigenvalue weighted by Gasteiger charge is 1.99. The molecule has 46 valence electrons. The van der Waals surface area contributed by atoms with Crippen LogP contribution >= 0.6 is 0 Å². The van der Waals surface area contributed by atoms with Crippen molar-refractivity contribution in [3.05, 3.63) is 12.7 Å². The summed E-state index contributed by atoms with van der Waals surface area (Å²) in [5, 5.41) is 8.78. The lowest BCUT2D eigenvalue weighted by atomic mass is 10.6. The van der Waals surface area contributed by atoms with Crippen LogP contribution in [0, 0.1) is 0 Å². The Kier molecular flexibility index (Phi) is 2.64. The SMILES string of the molecule is C=CCN(O)C(N)=O. The van der Waals surface area contributed by atoms with E-state index in [4.69, 9.17) is 5.21 Å². The minimum atomic E-state index is -0.870. The molecule has 0 atom stereocenters. The topological polar surface area (TPSA) is 66.6 Å². The highest BCUT2D eigenvalue weighted by molar-refractivity contribution is 5.70. The zero-order valence-corrected chi connectivity index (χ0v) is 4.37. The van der Waals surface area contributed by atoms with E-state index in [1.165, 1.54) is 6.08 Å². The van der Waals surface area contributed by atoms with E-state index < -0.39 is 6.03 Å². The Morgan fingerprint density at radius 2 is 2.50 bits per heavy atom. The third-order valence-corrected chi connectivity index (χ3v) is 0.556. The molecular weight excluding hydrogens is 108 g/mol. The maximum atomic E-state index is 9.94. The third kappa shape index (κ3) is 2.20. The Balaban J connectivity index is 3.46. The van der Waals surface area contributed by atoms with Crippen molar-refractivity contribution in [1.82, 2.24) is 5.06 Å². The van der Waals surface area contributed by atoms with E-state index in [1.54, 1.807) is 0 Å². The van der Waals surface area contributed by atoms with Crippen LogP contribution in [0.1, 0.15) is 0 Å². The first-order chi connectivity index (χ1) is 3.68. The van der Waals surface area contributed by atoms with Gasteiger partial charge in [-0.1, -0.05) is 6.08 Å². The van der Waals surface area contributed by atoms with E-state index in [2.05, 4.69) is 12.3 Å². The van der Waals surface area contributed by atoms with Gasteiger partial charge in [0.05, 0.1) is 6.54 Å². The lowest BCUT2D eigenvalue weighted by molar-refractivity contribution is -0.0287. The van der Waals surface area contributed by atoms with E-state index in [0.29, 0.717) is 5.06 Å². The van der Waals surface area contributed by atoms with Crippen LogP contribution in [-0.4, -0.2) is 22.8 Å². The number of primary amides is 1. The van der Waals surface area contributed by atoms with Crippen LogP contribution in [0.3, 0.4) is 0 Å². The molecule has 0 aliphatic rings. The van der Waals surface area contributed by atoms with Crippen molar-refractivity contribution in [2.75, 3.05) is 6.54 Å². The Hall–Kier alpha value is -1.03. The summed E-state index contributed by atoms with van der Waals surface area (Å²) in [7, 11) is 0. The van der Waals surface area contributed by atoms with Gasteiger partial charge in [0.25, 0.3) is 0 Å². The van der Waals surface area contributed by atoms with Crippen LogP contribution < -0.4 is 5.73 Å². The molecule has 4 nitrogen and oxygen atoms in total. The Bertz CT molecular complexity index is 102.